The van der Waals surface area contributed by atoms with Crippen LogP contribution in [-0.2, 0) is 19.1 Å². The summed E-state index contributed by atoms with van der Waals surface area (Å²) in [6, 6.07) is 0. The maximum Gasteiger partial charge on any atom is 0.334 e. The molecule has 0 spiro atoms. The van der Waals surface area contributed by atoms with E-state index in [4.69, 9.17) is 14.9 Å². The van der Waals surface area contributed by atoms with E-state index < -0.39 is 23.3 Å². The van der Waals surface area contributed by atoms with E-state index in [0.29, 0.717) is 12.2 Å². The minimum Gasteiger partial charge on any atom is -0.481 e. The SMILES string of the molecule is C=C(C)C(=O)O.CCCCOC(=O)C1=CC=CC(C)(C(=O)O)C1. The van der Waals surface area contributed by atoms with Crippen LogP contribution in [0, 0.1) is 5.41 Å². The number of carboxylic acids is 2. The van der Waals surface area contributed by atoms with Crippen molar-refractivity contribution < 1.29 is 29.3 Å². The van der Waals surface area contributed by atoms with Gasteiger partial charge in [0.25, 0.3) is 0 Å². The van der Waals surface area contributed by atoms with Crippen LogP contribution in [0.4, 0.5) is 0 Å². The molecule has 6 heteroatoms. The highest BCUT2D eigenvalue weighted by molar-refractivity contribution is 5.91. The summed E-state index contributed by atoms with van der Waals surface area (Å²) >= 11 is 0. The largest absolute Gasteiger partial charge is 0.481 e. The minimum atomic E-state index is -1.01. The molecule has 0 fully saturated rings. The number of rotatable bonds is 6. The molecule has 1 atom stereocenters. The first-order valence-corrected chi connectivity index (χ1v) is 7.31. The molecule has 0 aromatic rings. The third-order valence-electron chi connectivity index (χ3n) is 3.17. The summed E-state index contributed by atoms with van der Waals surface area (Å²) in [5.74, 6) is -2.27. The topological polar surface area (TPSA) is 101 Å². The fraction of sp³-hybridized carbons (Fsp3) is 0.471. The molecule has 1 rings (SSSR count). The number of hydrogen-bond acceptors (Lipinski definition) is 4. The Hall–Kier alpha value is -2.37. The van der Waals surface area contributed by atoms with Gasteiger partial charge in [-0.25, -0.2) is 9.59 Å². The Morgan fingerprint density at radius 3 is 2.35 bits per heavy atom. The average Bonchev–Trinajstić information content (AvgIpc) is 2.47. The Labute approximate surface area is 136 Å². The first-order chi connectivity index (χ1) is 10.6. The monoisotopic (exact) mass is 324 g/mol. The number of carboxylic acid groups (broad SMARTS) is 2. The van der Waals surface area contributed by atoms with Crippen LogP contribution in [0.1, 0.15) is 40.0 Å². The van der Waals surface area contributed by atoms with Crippen molar-refractivity contribution in [3.63, 3.8) is 0 Å². The number of carbonyl (C=O) groups excluding carboxylic acids is 1. The van der Waals surface area contributed by atoms with Crippen LogP contribution in [0.3, 0.4) is 0 Å². The lowest BCUT2D eigenvalue weighted by atomic mass is 9.80. The molecule has 0 saturated heterocycles. The summed E-state index contributed by atoms with van der Waals surface area (Å²) in [4.78, 5) is 32.3. The van der Waals surface area contributed by atoms with Gasteiger partial charge in [0.1, 0.15) is 0 Å². The van der Waals surface area contributed by atoms with Crippen molar-refractivity contribution in [1.82, 2.24) is 0 Å². The lowest BCUT2D eigenvalue weighted by Gasteiger charge is -2.24. The number of hydrogen-bond donors (Lipinski definition) is 2. The molecule has 128 valence electrons. The van der Waals surface area contributed by atoms with Crippen molar-refractivity contribution in [2.45, 2.75) is 40.0 Å². The molecule has 1 aliphatic rings. The molecule has 0 aromatic carbocycles. The van der Waals surface area contributed by atoms with E-state index in [1.807, 2.05) is 6.92 Å². The van der Waals surface area contributed by atoms with Gasteiger partial charge in [-0.3, -0.25) is 4.79 Å². The van der Waals surface area contributed by atoms with Gasteiger partial charge in [-0.1, -0.05) is 38.2 Å². The molecular formula is C17H24O6. The fourth-order valence-corrected chi connectivity index (χ4v) is 1.58. The van der Waals surface area contributed by atoms with E-state index in [1.54, 1.807) is 25.2 Å². The Morgan fingerprint density at radius 1 is 1.35 bits per heavy atom. The first-order valence-electron chi connectivity index (χ1n) is 7.31. The van der Waals surface area contributed by atoms with Crippen LogP contribution in [0.2, 0.25) is 0 Å². The Morgan fingerprint density at radius 2 is 1.91 bits per heavy atom. The number of esters is 1. The van der Waals surface area contributed by atoms with Crippen LogP contribution in [-0.4, -0.2) is 34.7 Å². The summed E-state index contributed by atoms with van der Waals surface area (Å²) in [5, 5.41) is 17.0. The molecule has 0 amide bonds. The summed E-state index contributed by atoms with van der Waals surface area (Å²) in [6.07, 6.45) is 6.79. The molecular weight excluding hydrogens is 300 g/mol. The Balaban J connectivity index is 0.000000688. The van der Waals surface area contributed by atoms with Crippen molar-refractivity contribution in [3.8, 4) is 0 Å². The highest BCUT2D eigenvalue weighted by Gasteiger charge is 2.34. The maximum atomic E-state index is 11.7. The van der Waals surface area contributed by atoms with E-state index in [2.05, 4.69) is 6.58 Å². The van der Waals surface area contributed by atoms with Crippen molar-refractivity contribution in [3.05, 3.63) is 36.0 Å². The van der Waals surface area contributed by atoms with Gasteiger partial charge >= 0.3 is 17.9 Å². The number of ether oxygens (including phenoxy) is 1. The summed E-state index contributed by atoms with van der Waals surface area (Å²) in [6.45, 7) is 8.60. The summed E-state index contributed by atoms with van der Waals surface area (Å²) < 4.78 is 5.06. The van der Waals surface area contributed by atoms with Crippen molar-refractivity contribution in [2.24, 2.45) is 5.41 Å². The normalized spacial score (nSPS) is 19.0. The maximum absolute atomic E-state index is 11.7. The van der Waals surface area contributed by atoms with Gasteiger partial charge in [0.15, 0.2) is 0 Å². The fourth-order valence-electron chi connectivity index (χ4n) is 1.58. The summed E-state index contributed by atoms with van der Waals surface area (Å²) in [7, 11) is 0. The second-order valence-corrected chi connectivity index (χ2v) is 5.53. The molecule has 0 aromatic heterocycles. The molecule has 0 radical (unpaired) electrons. The van der Waals surface area contributed by atoms with Crippen molar-refractivity contribution in [2.75, 3.05) is 6.61 Å². The smallest absolute Gasteiger partial charge is 0.334 e. The van der Waals surface area contributed by atoms with Crippen molar-refractivity contribution >= 4 is 17.9 Å². The molecule has 1 unspecified atom stereocenters. The van der Waals surface area contributed by atoms with E-state index >= 15 is 0 Å². The standard InChI is InChI=1S/C13H18O4.C4H6O2/c1-3-4-8-17-11(14)10-6-5-7-13(2,9-10)12(15)16;1-3(2)4(5)6/h5-7H,3-4,8-9H2,1-2H3,(H,15,16);1H2,2H3,(H,5,6). The second-order valence-electron chi connectivity index (χ2n) is 5.53. The predicted molar refractivity (Wildman–Crippen MR) is 85.9 cm³/mol. The van der Waals surface area contributed by atoms with Gasteiger partial charge in [-0.2, -0.15) is 0 Å². The number of allylic oxidation sites excluding steroid dienone is 2. The first kappa shape index (κ1) is 20.6. The van der Waals surface area contributed by atoms with Crippen LogP contribution < -0.4 is 0 Å². The predicted octanol–water partition coefficient (Wildman–Crippen LogP) is 2.95. The van der Waals surface area contributed by atoms with Crippen molar-refractivity contribution in [1.29, 1.82) is 0 Å². The lowest BCUT2D eigenvalue weighted by molar-refractivity contribution is -0.145. The van der Waals surface area contributed by atoms with Gasteiger partial charge in [0, 0.05) is 11.1 Å². The third-order valence-corrected chi connectivity index (χ3v) is 3.17. The highest BCUT2D eigenvalue weighted by atomic mass is 16.5. The van der Waals surface area contributed by atoms with E-state index in [0.717, 1.165) is 12.8 Å². The molecule has 0 heterocycles. The second kappa shape index (κ2) is 9.61. The molecule has 0 saturated carbocycles. The summed E-state index contributed by atoms with van der Waals surface area (Å²) in [5.41, 5.74) is -0.406. The molecule has 0 bridgehead atoms. The molecule has 6 nitrogen and oxygen atoms in total. The molecule has 0 aliphatic heterocycles. The average molecular weight is 324 g/mol. The molecule has 23 heavy (non-hydrogen) atoms. The number of aliphatic carboxylic acids is 2. The van der Waals surface area contributed by atoms with Gasteiger partial charge in [-0.05, 0) is 26.7 Å². The van der Waals surface area contributed by atoms with Crippen LogP contribution >= 0.6 is 0 Å². The lowest BCUT2D eigenvalue weighted by Crippen LogP contribution is -2.29. The van der Waals surface area contributed by atoms with E-state index in [9.17, 15) is 14.4 Å². The van der Waals surface area contributed by atoms with Gasteiger partial charge < -0.3 is 14.9 Å². The van der Waals surface area contributed by atoms with Crippen LogP contribution in [0.25, 0.3) is 0 Å². The molecule has 1 aliphatic carbocycles. The molecule has 2 N–H and O–H groups in total. The third kappa shape index (κ3) is 7.44. The minimum absolute atomic E-state index is 0.176. The zero-order chi connectivity index (χ0) is 18.0. The zero-order valence-electron chi connectivity index (χ0n) is 13.8. The number of carbonyl (C=O) groups is 3. The number of unbranched alkanes of at least 4 members (excludes halogenated alkanes) is 1. The van der Waals surface area contributed by atoms with Crippen LogP contribution in [0.15, 0.2) is 36.0 Å². The zero-order valence-corrected chi connectivity index (χ0v) is 13.8. The quantitative estimate of drug-likeness (QED) is 0.442. The van der Waals surface area contributed by atoms with Crippen LogP contribution in [0.5, 0.6) is 0 Å². The van der Waals surface area contributed by atoms with Gasteiger partial charge in [0.05, 0.1) is 12.0 Å². The Bertz CT molecular complexity index is 517. The van der Waals surface area contributed by atoms with Gasteiger partial charge in [0.2, 0.25) is 0 Å². The Kier molecular flexibility index (Phi) is 8.62. The van der Waals surface area contributed by atoms with E-state index in [-0.39, 0.29) is 12.0 Å². The van der Waals surface area contributed by atoms with E-state index in [1.165, 1.54) is 6.92 Å². The van der Waals surface area contributed by atoms with Gasteiger partial charge in [-0.15, -0.1) is 0 Å². The highest BCUT2D eigenvalue weighted by Crippen LogP contribution is 2.31.